The largest absolute Gasteiger partial charge is 0.457 e. The molecule has 6 atom stereocenters. The first-order valence-electron chi connectivity index (χ1n) is 20.4. The first kappa shape index (κ1) is 46.7. The van der Waals surface area contributed by atoms with Crippen LogP contribution in [0, 0.1) is 0 Å². The number of carbonyl (C=O) groups excluding carboxylic acids is 1. The second-order valence-corrected chi connectivity index (χ2v) is 14.1. The van der Waals surface area contributed by atoms with Crippen LogP contribution in [0.3, 0.4) is 0 Å². The van der Waals surface area contributed by atoms with E-state index >= 15 is 0 Å². The first-order chi connectivity index (χ1) is 24.4. The Balaban J connectivity index is 2.30. The molecule has 1 rings (SSSR count). The van der Waals surface area contributed by atoms with E-state index in [2.05, 4.69) is 38.2 Å². The molecule has 0 aromatic rings. The molecule has 9 nitrogen and oxygen atoms in total. The number of unbranched alkanes of at least 4 members (excludes halogenated alkanes) is 19. The lowest BCUT2D eigenvalue weighted by Gasteiger charge is -2.39. The Hall–Kier alpha value is -1.33. The van der Waals surface area contributed by atoms with E-state index in [1.165, 1.54) is 83.5 Å². The van der Waals surface area contributed by atoms with Crippen LogP contribution in [0.15, 0.2) is 24.3 Å². The minimum Gasteiger partial charge on any atom is -0.457 e. The van der Waals surface area contributed by atoms with E-state index < -0.39 is 43.4 Å². The molecule has 1 heterocycles. The number of aliphatic hydroxyl groups is 4. The molecule has 0 amide bonds. The summed E-state index contributed by atoms with van der Waals surface area (Å²) in [6.45, 7) is 4.47. The molecule has 294 valence electrons. The van der Waals surface area contributed by atoms with E-state index in [1.807, 2.05) is 0 Å². The van der Waals surface area contributed by atoms with E-state index in [4.69, 9.17) is 18.9 Å². The van der Waals surface area contributed by atoms with Gasteiger partial charge in [0.15, 0.2) is 6.29 Å². The van der Waals surface area contributed by atoms with Gasteiger partial charge in [-0.3, -0.25) is 4.79 Å². The van der Waals surface area contributed by atoms with E-state index in [0.29, 0.717) is 13.0 Å². The number of carbonyl (C=O) groups is 1. The zero-order valence-electron chi connectivity index (χ0n) is 31.9. The highest BCUT2D eigenvalue weighted by atomic mass is 16.7. The average molecular weight is 713 g/mol. The van der Waals surface area contributed by atoms with Crippen LogP contribution in [0.2, 0.25) is 0 Å². The predicted molar refractivity (Wildman–Crippen MR) is 201 cm³/mol. The average Bonchev–Trinajstić information content (AvgIpc) is 3.11. The topological polar surface area (TPSA) is 135 Å². The molecule has 0 bridgehead atoms. The molecule has 0 spiro atoms. The molecule has 0 aliphatic carbocycles. The van der Waals surface area contributed by atoms with Crippen molar-refractivity contribution in [3.63, 3.8) is 0 Å². The zero-order chi connectivity index (χ0) is 36.5. The van der Waals surface area contributed by atoms with Crippen LogP contribution in [0.1, 0.15) is 168 Å². The van der Waals surface area contributed by atoms with E-state index in [9.17, 15) is 25.2 Å². The Morgan fingerprint density at radius 1 is 0.620 bits per heavy atom. The molecule has 1 fully saturated rings. The fraction of sp³-hybridized carbons (Fsp3) is 0.878. The normalized spacial score (nSPS) is 21.8. The van der Waals surface area contributed by atoms with Crippen molar-refractivity contribution in [1.29, 1.82) is 0 Å². The Labute approximate surface area is 305 Å². The summed E-state index contributed by atoms with van der Waals surface area (Å²) in [7, 11) is 0. The monoisotopic (exact) mass is 713 g/mol. The standard InChI is InChI=1S/C41H76O9/c1-3-5-7-9-11-13-15-16-17-18-19-20-22-24-26-28-30-37(43)49-35(34-48-41-40(46)39(45)38(44)36(32-42)50-41)33-47-31-29-27-25-23-21-14-12-10-8-6-4-2/h8,10,17-18,35-36,38-42,44-46H,3-7,9,11-16,19-34H2,1-2H3/b10-8-,18-17-. The third-order valence-corrected chi connectivity index (χ3v) is 9.32. The van der Waals surface area contributed by atoms with Gasteiger partial charge < -0.3 is 39.4 Å². The molecule has 0 aromatic heterocycles. The summed E-state index contributed by atoms with van der Waals surface area (Å²) < 4.78 is 22.7. The summed E-state index contributed by atoms with van der Waals surface area (Å²) in [5.41, 5.74) is 0. The maximum absolute atomic E-state index is 12.7. The van der Waals surface area contributed by atoms with Gasteiger partial charge in [0.05, 0.1) is 19.8 Å². The van der Waals surface area contributed by atoms with E-state index in [1.54, 1.807) is 0 Å². The molecule has 0 aromatic carbocycles. The van der Waals surface area contributed by atoms with Crippen LogP contribution in [0.5, 0.6) is 0 Å². The maximum atomic E-state index is 12.7. The molecule has 9 heteroatoms. The summed E-state index contributed by atoms with van der Waals surface area (Å²) in [5.74, 6) is -0.325. The number of ether oxygens (including phenoxy) is 4. The summed E-state index contributed by atoms with van der Waals surface area (Å²) in [5, 5.41) is 40.0. The van der Waals surface area contributed by atoms with Crippen molar-refractivity contribution in [3.05, 3.63) is 24.3 Å². The van der Waals surface area contributed by atoms with Crippen LogP contribution in [-0.2, 0) is 23.7 Å². The van der Waals surface area contributed by atoms with Gasteiger partial charge in [-0.15, -0.1) is 0 Å². The second kappa shape index (κ2) is 33.5. The molecular weight excluding hydrogens is 636 g/mol. The molecular formula is C41H76O9. The third-order valence-electron chi connectivity index (χ3n) is 9.32. The lowest BCUT2D eigenvalue weighted by molar-refractivity contribution is -0.305. The molecule has 50 heavy (non-hydrogen) atoms. The van der Waals surface area contributed by atoms with Gasteiger partial charge in [-0.1, -0.05) is 128 Å². The fourth-order valence-corrected chi connectivity index (χ4v) is 6.08. The highest BCUT2D eigenvalue weighted by Crippen LogP contribution is 2.22. The number of aliphatic hydroxyl groups excluding tert-OH is 4. The predicted octanol–water partition coefficient (Wildman–Crippen LogP) is 8.25. The van der Waals surface area contributed by atoms with Gasteiger partial charge in [0.1, 0.15) is 30.5 Å². The van der Waals surface area contributed by atoms with Gasteiger partial charge in [0.25, 0.3) is 0 Å². The van der Waals surface area contributed by atoms with Crippen LogP contribution in [0.25, 0.3) is 0 Å². The van der Waals surface area contributed by atoms with Gasteiger partial charge in [-0.2, -0.15) is 0 Å². The maximum Gasteiger partial charge on any atom is 0.306 e. The minimum atomic E-state index is -1.54. The lowest BCUT2D eigenvalue weighted by Crippen LogP contribution is -2.59. The van der Waals surface area contributed by atoms with Crippen molar-refractivity contribution >= 4 is 5.97 Å². The van der Waals surface area contributed by atoms with E-state index in [-0.39, 0.29) is 19.2 Å². The Bertz CT molecular complexity index is 818. The summed E-state index contributed by atoms with van der Waals surface area (Å²) in [6.07, 6.45) is 29.1. The molecule has 1 saturated heterocycles. The highest BCUT2D eigenvalue weighted by molar-refractivity contribution is 5.69. The Kier molecular flexibility index (Phi) is 31.3. The van der Waals surface area contributed by atoms with Crippen molar-refractivity contribution in [2.75, 3.05) is 26.4 Å². The van der Waals surface area contributed by atoms with Crippen LogP contribution in [0.4, 0.5) is 0 Å². The Morgan fingerprint density at radius 3 is 1.70 bits per heavy atom. The van der Waals surface area contributed by atoms with Crippen molar-refractivity contribution in [2.45, 2.75) is 205 Å². The molecule has 6 unspecified atom stereocenters. The quantitative estimate of drug-likeness (QED) is 0.0296. The highest BCUT2D eigenvalue weighted by Gasteiger charge is 2.44. The molecule has 4 N–H and O–H groups in total. The zero-order valence-corrected chi connectivity index (χ0v) is 31.9. The van der Waals surface area contributed by atoms with Crippen molar-refractivity contribution < 1.29 is 44.2 Å². The van der Waals surface area contributed by atoms with Crippen molar-refractivity contribution in [2.24, 2.45) is 0 Å². The summed E-state index contributed by atoms with van der Waals surface area (Å²) in [4.78, 5) is 12.7. The van der Waals surface area contributed by atoms with Crippen molar-refractivity contribution in [1.82, 2.24) is 0 Å². The Morgan fingerprint density at radius 2 is 1.14 bits per heavy atom. The van der Waals surface area contributed by atoms with Gasteiger partial charge in [-0.05, 0) is 57.8 Å². The lowest BCUT2D eigenvalue weighted by atomic mass is 9.99. The van der Waals surface area contributed by atoms with Crippen LogP contribution in [-0.4, -0.2) is 89.6 Å². The van der Waals surface area contributed by atoms with Crippen LogP contribution < -0.4 is 0 Å². The molecule has 0 radical (unpaired) electrons. The van der Waals surface area contributed by atoms with Gasteiger partial charge in [-0.25, -0.2) is 0 Å². The van der Waals surface area contributed by atoms with Crippen LogP contribution >= 0.6 is 0 Å². The summed E-state index contributed by atoms with van der Waals surface area (Å²) in [6, 6.07) is 0. The summed E-state index contributed by atoms with van der Waals surface area (Å²) >= 11 is 0. The van der Waals surface area contributed by atoms with Gasteiger partial charge in [0, 0.05) is 13.0 Å². The second-order valence-electron chi connectivity index (χ2n) is 14.1. The number of hydrogen-bond acceptors (Lipinski definition) is 9. The third kappa shape index (κ3) is 24.8. The van der Waals surface area contributed by atoms with Gasteiger partial charge in [0.2, 0.25) is 0 Å². The van der Waals surface area contributed by atoms with Gasteiger partial charge >= 0.3 is 5.97 Å². The van der Waals surface area contributed by atoms with Crippen molar-refractivity contribution in [3.8, 4) is 0 Å². The van der Waals surface area contributed by atoms with E-state index in [0.717, 1.165) is 64.2 Å². The first-order valence-corrected chi connectivity index (χ1v) is 20.4. The SMILES string of the molecule is CCC/C=C\CCCCCCCCOCC(COC1OC(CO)C(O)C(O)C1O)OC(=O)CCCCCCC/C=C\CCCCCCCCC. The smallest absolute Gasteiger partial charge is 0.306 e. The number of rotatable bonds is 34. The molecule has 0 saturated carbocycles. The number of hydrogen-bond donors (Lipinski definition) is 4. The fourth-order valence-electron chi connectivity index (χ4n) is 6.08. The number of esters is 1. The minimum absolute atomic E-state index is 0.117. The number of allylic oxidation sites excluding steroid dienone is 4. The molecule has 1 aliphatic heterocycles. The molecule has 1 aliphatic rings.